The van der Waals surface area contributed by atoms with Gasteiger partial charge >= 0.3 is 5.97 Å². The van der Waals surface area contributed by atoms with Crippen LogP contribution in [0.1, 0.15) is 44.6 Å². The van der Waals surface area contributed by atoms with E-state index in [1.165, 1.54) is 37.8 Å². The number of aryl methyl sites for hydroxylation is 1. The van der Waals surface area contributed by atoms with Gasteiger partial charge in [-0.1, -0.05) is 31.9 Å². The van der Waals surface area contributed by atoms with Crippen molar-refractivity contribution < 1.29 is 14.3 Å². The maximum absolute atomic E-state index is 13.0. The van der Waals surface area contributed by atoms with Crippen LogP contribution in [0.3, 0.4) is 0 Å². The zero-order valence-electron chi connectivity index (χ0n) is 16.5. The minimum absolute atomic E-state index is 0.132. The third-order valence-electron chi connectivity index (χ3n) is 5.68. The molecule has 3 unspecified atom stereocenters. The Balaban J connectivity index is 1.56. The van der Waals surface area contributed by atoms with Crippen LogP contribution < -0.4 is 0 Å². The fraction of sp³-hybridized carbons (Fsp3) is 0.522. The van der Waals surface area contributed by atoms with Gasteiger partial charge in [-0.2, -0.15) is 0 Å². The van der Waals surface area contributed by atoms with Crippen molar-refractivity contribution in [2.45, 2.75) is 50.8 Å². The molecule has 1 aliphatic carbocycles. The van der Waals surface area contributed by atoms with Crippen LogP contribution in [0.4, 0.5) is 4.39 Å². The number of benzene rings is 1. The topological polar surface area (TPSA) is 40.5 Å². The second-order valence-electron chi connectivity index (χ2n) is 8.06. The van der Waals surface area contributed by atoms with Crippen LogP contribution in [0.2, 0.25) is 0 Å². The van der Waals surface area contributed by atoms with E-state index in [9.17, 15) is 14.3 Å². The van der Waals surface area contributed by atoms with Gasteiger partial charge in [0, 0.05) is 12.7 Å². The summed E-state index contributed by atoms with van der Waals surface area (Å²) in [5.41, 5.74) is 1.59. The summed E-state index contributed by atoms with van der Waals surface area (Å²) in [5.74, 6) is 1.24. The third-order valence-corrected chi connectivity index (χ3v) is 7.05. The standard InChI is InChI=1S/C23H30FNO2S/c1-17-5-2-6-19(15-17)16-25-13-3-8-21(23(26)27)22(25)28-14-4-7-18-9-11-20(24)12-10-18/h3,8-13,17,19,22H,2,4-7,14-16H2,1H3,(H,26,27). The molecule has 0 aromatic heterocycles. The van der Waals surface area contributed by atoms with Gasteiger partial charge in [0.15, 0.2) is 0 Å². The number of allylic oxidation sites excluding steroid dienone is 2. The molecule has 3 rings (SSSR count). The van der Waals surface area contributed by atoms with Gasteiger partial charge < -0.3 is 10.0 Å². The molecule has 1 aliphatic heterocycles. The van der Waals surface area contributed by atoms with Gasteiger partial charge in [-0.05, 0) is 73.1 Å². The summed E-state index contributed by atoms with van der Waals surface area (Å²) < 4.78 is 13.0. The van der Waals surface area contributed by atoms with Crippen molar-refractivity contribution in [3.63, 3.8) is 0 Å². The van der Waals surface area contributed by atoms with E-state index in [-0.39, 0.29) is 11.2 Å². The van der Waals surface area contributed by atoms with E-state index in [0.29, 0.717) is 11.5 Å². The largest absolute Gasteiger partial charge is 0.478 e. The van der Waals surface area contributed by atoms with Gasteiger partial charge in [-0.25, -0.2) is 9.18 Å². The highest BCUT2D eigenvalue weighted by Gasteiger charge is 2.30. The van der Waals surface area contributed by atoms with Gasteiger partial charge in [0.2, 0.25) is 0 Å². The molecule has 1 aromatic rings. The summed E-state index contributed by atoms with van der Waals surface area (Å²) in [4.78, 5) is 14.0. The molecule has 3 atom stereocenters. The Labute approximate surface area is 171 Å². The maximum atomic E-state index is 13.0. The number of halogens is 1. The van der Waals surface area contributed by atoms with Crippen molar-refractivity contribution in [1.29, 1.82) is 0 Å². The summed E-state index contributed by atoms with van der Waals surface area (Å²) in [6.45, 7) is 3.25. The lowest BCUT2D eigenvalue weighted by atomic mass is 9.82. The molecule has 1 heterocycles. The van der Waals surface area contributed by atoms with Crippen LogP contribution in [-0.4, -0.2) is 33.6 Å². The number of hydrogen-bond acceptors (Lipinski definition) is 3. The summed E-state index contributed by atoms with van der Waals surface area (Å²) in [6, 6.07) is 6.63. The predicted molar refractivity (Wildman–Crippen MR) is 114 cm³/mol. The molecule has 5 heteroatoms. The van der Waals surface area contributed by atoms with Gasteiger partial charge in [0.05, 0.1) is 5.57 Å². The highest BCUT2D eigenvalue weighted by Crippen LogP contribution is 2.33. The maximum Gasteiger partial charge on any atom is 0.334 e. The Morgan fingerprint density at radius 3 is 2.79 bits per heavy atom. The van der Waals surface area contributed by atoms with Crippen LogP contribution in [0.5, 0.6) is 0 Å². The summed E-state index contributed by atoms with van der Waals surface area (Å²) in [7, 11) is 0. The summed E-state index contributed by atoms with van der Waals surface area (Å²) >= 11 is 1.71. The second kappa shape index (κ2) is 10.1. The number of carbonyl (C=O) groups is 1. The molecular weight excluding hydrogens is 373 g/mol. The van der Waals surface area contributed by atoms with Crippen LogP contribution in [0.25, 0.3) is 0 Å². The van der Waals surface area contributed by atoms with Crippen molar-refractivity contribution in [2.75, 3.05) is 12.3 Å². The highest BCUT2D eigenvalue weighted by molar-refractivity contribution is 8.00. The molecule has 2 aliphatic rings. The molecule has 0 bridgehead atoms. The van der Waals surface area contributed by atoms with E-state index < -0.39 is 5.97 Å². The zero-order chi connectivity index (χ0) is 19.9. The number of carboxylic acid groups (broad SMARTS) is 1. The van der Waals surface area contributed by atoms with Crippen molar-refractivity contribution in [2.24, 2.45) is 11.8 Å². The van der Waals surface area contributed by atoms with E-state index in [0.717, 1.165) is 36.6 Å². The Morgan fingerprint density at radius 1 is 1.29 bits per heavy atom. The number of nitrogens with zero attached hydrogens (tertiary/aromatic N) is 1. The lowest BCUT2D eigenvalue weighted by Crippen LogP contribution is -2.38. The van der Waals surface area contributed by atoms with E-state index in [1.54, 1.807) is 17.8 Å². The van der Waals surface area contributed by atoms with E-state index in [2.05, 4.69) is 18.0 Å². The van der Waals surface area contributed by atoms with Gasteiger partial charge in [0.1, 0.15) is 11.2 Å². The van der Waals surface area contributed by atoms with E-state index in [1.807, 2.05) is 18.2 Å². The van der Waals surface area contributed by atoms with Gasteiger partial charge in [-0.3, -0.25) is 0 Å². The molecule has 0 saturated heterocycles. The Hall–Kier alpha value is -1.75. The molecule has 0 amide bonds. The van der Waals surface area contributed by atoms with Crippen LogP contribution in [0, 0.1) is 17.7 Å². The van der Waals surface area contributed by atoms with Crippen molar-refractivity contribution in [3.8, 4) is 0 Å². The van der Waals surface area contributed by atoms with E-state index in [4.69, 9.17) is 0 Å². The number of rotatable bonds is 8. The Kier molecular flexibility index (Phi) is 7.60. The van der Waals surface area contributed by atoms with Crippen LogP contribution >= 0.6 is 11.8 Å². The molecule has 0 radical (unpaired) electrons. The first kappa shape index (κ1) is 21.0. The monoisotopic (exact) mass is 403 g/mol. The molecular formula is C23H30FNO2S. The average Bonchev–Trinajstić information content (AvgIpc) is 2.67. The van der Waals surface area contributed by atoms with Crippen LogP contribution in [0.15, 0.2) is 48.2 Å². The molecule has 152 valence electrons. The molecule has 3 nitrogen and oxygen atoms in total. The average molecular weight is 404 g/mol. The summed E-state index contributed by atoms with van der Waals surface area (Å²) in [6.07, 6.45) is 12.5. The lowest BCUT2D eigenvalue weighted by molar-refractivity contribution is -0.133. The van der Waals surface area contributed by atoms with Crippen molar-refractivity contribution in [1.82, 2.24) is 4.90 Å². The third kappa shape index (κ3) is 5.87. The van der Waals surface area contributed by atoms with Crippen molar-refractivity contribution >= 4 is 17.7 Å². The fourth-order valence-corrected chi connectivity index (χ4v) is 5.50. The smallest absolute Gasteiger partial charge is 0.334 e. The first-order valence-electron chi connectivity index (χ1n) is 10.3. The fourth-order valence-electron chi connectivity index (χ4n) is 4.26. The Morgan fingerprint density at radius 2 is 2.07 bits per heavy atom. The highest BCUT2D eigenvalue weighted by atomic mass is 32.2. The minimum Gasteiger partial charge on any atom is -0.478 e. The number of hydrogen-bond donors (Lipinski definition) is 1. The molecule has 1 N–H and O–H groups in total. The van der Waals surface area contributed by atoms with E-state index >= 15 is 0 Å². The first-order chi connectivity index (χ1) is 13.5. The Bertz CT molecular complexity index is 716. The number of thioether (sulfide) groups is 1. The van der Waals surface area contributed by atoms with Crippen molar-refractivity contribution in [3.05, 3.63) is 59.6 Å². The quantitative estimate of drug-likeness (QED) is 0.583. The second-order valence-corrected chi connectivity index (χ2v) is 9.24. The molecule has 28 heavy (non-hydrogen) atoms. The normalized spacial score (nSPS) is 24.9. The predicted octanol–water partition coefficient (Wildman–Crippen LogP) is 5.48. The number of carboxylic acids is 1. The molecule has 1 aromatic carbocycles. The SMILES string of the molecule is CC1CCCC(CN2C=CC=C(C(=O)O)C2SCCCc2ccc(F)cc2)C1. The minimum atomic E-state index is -0.831. The van der Waals surface area contributed by atoms with Gasteiger partial charge in [0.25, 0.3) is 0 Å². The first-order valence-corrected chi connectivity index (χ1v) is 11.3. The molecule has 0 spiro atoms. The summed E-state index contributed by atoms with van der Waals surface area (Å²) in [5, 5.41) is 9.53. The van der Waals surface area contributed by atoms with Gasteiger partial charge in [-0.15, -0.1) is 11.8 Å². The number of aliphatic carboxylic acids is 1. The molecule has 1 saturated carbocycles. The molecule has 1 fully saturated rings. The zero-order valence-corrected chi connectivity index (χ0v) is 17.3. The van der Waals surface area contributed by atoms with Crippen LogP contribution in [-0.2, 0) is 11.2 Å². The lowest BCUT2D eigenvalue weighted by Gasteiger charge is -2.37.